The first-order chi connectivity index (χ1) is 6.15. The summed E-state index contributed by atoms with van der Waals surface area (Å²) in [5, 5.41) is 9.18. The summed E-state index contributed by atoms with van der Waals surface area (Å²) < 4.78 is 0. The van der Waals surface area contributed by atoms with E-state index in [0.29, 0.717) is 0 Å². The normalized spacial score (nSPS) is 13.3. The van der Waals surface area contributed by atoms with Gasteiger partial charge in [0, 0.05) is 0 Å². The van der Waals surface area contributed by atoms with Crippen molar-refractivity contribution in [2.75, 3.05) is 20.7 Å². The van der Waals surface area contributed by atoms with Gasteiger partial charge in [-0.3, -0.25) is 0 Å². The van der Waals surface area contributed by atoms with Crippen LogP contribution < -0.4 is 0 Å². The second-order valence-corrected chi connectivity index (χ2v) is 3.57. The summed E-state index contributed by atoms with van der Waals surface area (Å²) in [6.07, 6.45) is 0. The molecule has 2 nitrogen and oxygen atoms in total. The van der Waals surface area contributed by atoms with Gasteiger partial charge in [0.1, 0.15) is 0 Å². The Bertz CT molecular complexity index is 253. The van der Waals surface area contributed by atoms with Gasteiger partial charge >= 0.3 is 0 Å². The Balaban J connectivity index is 2.86. The van der Waals surface area contributed by atoms with E-state index in [-0.39, 0.29) is 12.6 Å². The number of hydrogen-bond acceptors (Lipinski definition) is 2. The van der Waals surface area contributed by atoms with Gasteiger partial charge in [-0.2, -0.15) is 0 Å². The molecule has 0 aliphatic carbocycles. The molecule has 0 heterocycles. The van der Waals surface area contributed by atoms with E-state index < -0.39 is 0 Å². The van der Waals surface area contributed by atoms with Crippen LogP contribution in [0.25, 0.3) is 0 Å². The Morgan fingerprint density at radius 1 is 1.23 bits per heavy atom. The van der Waals surface area contributed by atoms with E-state index in [4.69, 9.17) is 0 Å². The smallest absolute Gasteiger partial charge is 0.0628 e. The number of benzene rings is 1. The highest BCUT2D eigenvalue weighted by Crippen LogP contribution is 2.17. The standard InChI is InChI=1S/C11H17NO/c1-9-4-6-10(7-5-9)11(8-13)12(2)3/h4-7,11,13H,8H2,1-3H3/t11-/m0/s1. The molecular formula is C11H17NO. The van der Waals surface area contributed by atoms with Crippen LogP contribution in [0, 0.1) is 6.92 Å². The molecule has 1 aromatic carbocycles. The zero-order valence-electron chi connectivity index (χ0n) is 8.49. The van der Waals surface area contributed by atoms with Gasteiger partial charge in [0.25, 0.3) is 0 Å². The minimum Gasteiger partial charge on any atom is -0.394 e. The van der Waals surface area contributed by atoms with Crippen LogP contribution in [0.4, 0.5) is 0 Å². The van der Waals surface area contributed by atoms with Crippen molar-refractivity contribution < 1.29 is 5.11 Å². The van der Waals surface area contributed by atoms with E-state index in [9.17, 15) is 5.11 Å². The molecule has 0 bridgehead atoms. The van der Waals surface area contributed by atoms with Crippen molar-refractivity contribution in [2.24, 2.45) is 0 Å². The SMILES string of the molecule is Cc1ccc([C@H](CO)N(C)C)cc1. The maximum Gasteiger partial charge on any atom is 0.0628 e. The Hall–Kier alpha value is -0.860. The molecule has 0 aliphatic rings. The van der Waals surface area contributed by atoms with E-state index in [1.165, 1.54) is 5.56 Å². The van der Waals surface area contributed by atoms with E-state index in [1.54, 1.807) is 0 Å². The lowest BCUT2D eigenvalue weighted by Gasteiger charge is -2.22. The van der Waals surface area contributed by atoms with E-state index in [2.05, 4.69) is 31.2 Å². The van der Waals surface area contributed by atoms with Gasteiger partial charge in [-0.25, -0.2) is 0 Å². The number of aliphatic hydroxyl groups excluding tert-OH is 1. The molecule has 0 saturated heterocycles. The molecule has 0 saturated carbocycles. The molecular weight excluding hydrogens is 162 g/mol. The van der Waals surface area contributed by atoms with Crippen molar-refractivity contribution >= 4 is 0 Å². The van der Waals surface area contributed by atoms with Crippen LogP contribution in [0.3, 0.4) is 0 Å². The summed E-state index contributed by atoms with van der Waals surface area (Å²) in [7, 11) is 3.95. The lowest BCUT2D eigenvalue weighted by atomic mass is 10.1. The fourth-order valence-electron chi connectivity index (χ4n) is 1.36. The summed E-state index contributed by atoms with van der Waals surface area (Å²) in [4.78, 5) is 2.02. The molecule has 72 valence electrons. The molecule has 1 aromatic rings. The summed E-state index contributed by atoms with van der Waals surface area (Å²) in [6, 6.07) is 8.38. The molecule has 2 heteroatoms. The minimum absolute atomic E-state index is 0.112. The molecule has 0 aliphatic heterocycles. The van der Waals surface area contributed by atoms with Crippen LogP contribution in [-0.2, 0) is 0 Å². The van der Waals surface area contributed by atoms with Gasteiger partial charge in [0.05, 0.1) is 12.6 Å². The maximum atomic E-state index is 9.18. The molecule has 0 fully saturated rings. The number of rotatable bonds is 3. The lowest BCUT2D eigenvalue weighted by Crippen LogP contribution is -2.22. The highest BCUT2D eigenvalue weighted by molar-refractivity contribution is 5.24. The van der Waals surface area contributed by atoms with Crippen LogP contribution in [0.15, 0.2) is 24.3 Å². The third-order valence-corrected chi connectivity index (χ3v) is 2.26. The van der Waals surface area contributed by atoms with Crippen LogP contribution in [0.5, 0.6) is 0 Å². The van der Waals surface area contributed by atoms with Crippen molar-refractivity contribution in [3.63, 3.8) is 0 Å². The molecule has 1 N–H and O–H groups in total. The Morgan fingerprint density at radius 2 is 1.77 bits per heavy atom. The molecule has 13 heavy (non-hydrogen) atoms. The molecule has 0 amide bonds. The van der Waals surface area contributed by atoms with Crippen molar-refractivity contribution in [3.05, 3.63) is 35.4 Å². The van der Waals surface area contributed by atoms with E-state index >= 15 is 0 Å². The summed E-state index contributed by atoms with van der Waals surface area (Å²) in [6.45, 7) is 2.23. The monoisotopic (exact) mass is 179 g/mol. The van der Waals surface area contributed by atoms with Gasteiger partial charge in [-0.1, -0.05) is 29.8 Å². The number of nitrogens with zero attached hydrogens (tertiary/aromatic N) is 1. The maximum absolute atomic E-state index is 9.18. The first kappa shape index (κ1) is 10.2. The predicted octanol–water partition coefficient (Wildman–Crippen LogP) is 1.59. The van der Waals surface area contributed by atoms with Gasteiger partial charge < -0.3 is 10.0 Å². The van der Waals surface area contributed by atoms with E-state index in [1.807, 2.05) is 19.0 Å². The van der Waals surface area contributed by atoms with Crippen LogP contribution in [0.2, 0.25) is 0 Å². The van der Waals surface area contributed by atoms with Gasteiger partial charge in [-0.15, -0.1) is 0 Å². The molecule has 1 atom stereocenters. The van der Waals surface area contributed by atoms with Gasteiger partial charge in [0.15, 0.2) is 0 Å². The van der Waals surface area contributed by atoms with Crippen molar-refractivity contribution in [2.45, 2.75) is 13.0 Å². The third kappa shape index (κ3) is 2.54. The molecule has 1 rings (SSSR count). The molecule has 0 unspecified atom stereocenters. The summed E-state index contributed by atoms with van der Waals surface area (Å²) in [5.74, 6) is 0. The zero-order chi connectivity index (χ0) is 9.84. The molecule has 0 radical (unpaired) electrons. The van der Waals surface area contributed by atoms with Crippen molar-refractivity contribution in [1.82, 2.24) is 4.90 Å². The zero-order valence-corrected chi connectivity index (χ0v) is 8.49. The number of hydrogen-bond donors (Lipinski definition) is 1. The molecule has 0 aromatic heterocycles. The average molecular weight is 179 g/mol. The fourth-order valence-corrected chi connectivity index (χ4v) is 1.36. The Labute approximate surface area is 79.8 Å². The van der Waals surface area contributed by atoms with E-state index in [0.717, 1.165) is 5.56 Å². The quantitative estimate of drug-likeness (QED) is 0.761. The van der Waals surface area contributed by atoms with Gasteiger partial charge in [-0.05, 0) is 26.6 Å². The average Bonchev–Trinajstić information content (AvgIpc) is 2.09. The Morgan fingerprint density at radius 3 is 2.15 bits per heavy atom. The first-order valence-corrected chi connectivity index (χ1v) is 4.49. The van der Waals surface area contributed by atoms with Crippen LogP contribution in [0.1, 0.15) is 17.2 Å². The fraction of sp³-hybridized carbons (Fsp3) is 0.455. The Kier molecular flexibility index (Phi) is 3.46. The van der Waals surface area contributed by atoms with Crippen molar-refractivity contribution in [3.8, 4) is 0 Å². The highest BCUT2D eigenvalue weighted by atomic mass is 16.3. The minimum atomic E-state index is 0.112. The summed E-state index contributed by atoms with van der Waals surface area (Å²) in [5.41, 5.74) is 2.41. The predicted molar refractivity (Wildman–Crippen MR) is 54.7 cm³/mol. The highest BCUT2D eigenvalue weighted by Gasteiger charge is 2.11. The number of aliphatic hydroxyl groups is 1. The topological polar surface area (TPSA) is 23.5 Å². The van der Waals surface area contributed by atoms with Crippen LogP contribution in [-0.4, -0.2) is 30.7 Å². The van der Waals surface area contributed by atoms with Gasteiger partial charge in [0.2, 0.25) is 0 Å². The first-order valence-electron chi connectivity index (χ1n) is 4.49. The third-order valence-electron chi connectivity index (χ3n) is 2.26. The van der Waals surface area contributed by atoms with Crippen molar-refractivity contribution in [1.29, 1.82) is 0 Å². The number of aryl methyl sites for hydroxylation is 1. The largest absolute Gasteiger partial charge is 0.394 e. The summed E-state index contributed by atoms with van der Waals surface area (Å²) >= 11 is 0. The lowest BCUT2D eigenvalue weighted by molar-refractivity contribution is 0.171. The second kappa shape index (κ2) is 4.40. The number of likely N-dealkylation sites (N-methyl/N-ethyl adjacent to an activating group) is 1. The second-order valence-electron chi connectivity index (χ2n) is 3.57. The van der Waals surface area contributed by atoms with Crippen LogP contribution >= 0.6 is 0 Å². The molecule has 0 spiro atoms.